The summed E-state index contributed by atoms with van der Waals surface area (Å²) < 4.78 is 15.8. The van der Waals surface area contributed by atoms with Gasteiger partial charge in [0.1, 0.15) is 5.75 Å². The average Bonchev–Trinajstić information content (AvgIpc) is 2.71. The molecule has 0 atom stereocenters. The molecule has 2 rings (SSSR count). The molecule has 2 amide bonds. The SMILES string of the molecule is CCNC(=O)COc1ccc(NC(=O)/C=C/c2ccc(OC)c(OC)c2)cc1. The molecule has 0 aromatic heterocycles. The monoisotopic (exact) mass is 384 g/mol. The van der Waals surface area contributed by atoms with Gasteiger partial charge in [-0.1, -0.05) is 6.07 Å². The van der Waals surface area contributed by atoms with Crippen LogP contribution in [0.2, 0.25) is 0 Å². The highest BCUT2D eigenvalue weighted by atomic mass is 16.5. The third kappa shape index (κ3) is 6.35. The maximum Gasteiger partial charge on any atom is 0.257 e. The van der Waals surface area contributed by atoms with Gasteiger partial charge in [0.25, 0.3) is 5.91 Å². The fourth-order valence-corrected chi connectivity index (χ4v) is 2.34. The van der Waals surface area contributed by atoms with E-state index in [0.717, 1.165) is 5.56 Å². The van der Waals surface area contributed by atoms with Gasteiger partial charge in [0.15, 0.2) is 18.1 Å². The first kappa shape index (κ1) is 20.8. The van der Waals surface area contributed by atoms with E-state index in [-0.39, 0.29) is 18.4 Å². The molecule has 2 aromatic carbocycles. The van der Waals surface area contributed by atoms with Crippen molar-refractivity contribution in [2.75, 3.05) is 32.7 Å². The summed E-state index contributed by atoms with van der Waals surface area (Å²) in [5.41, 5.74) is 1.43. The lowest BCUT2D eigenvalue weighted by atomic mass is 10.2. The van der Waals surface area contributed by atoms with Crippen molar-refractivity contribution in [2.24, 2.45) is 0 Å². The second kappa shape index (κ2) is 10.6. The summed E-state index contributed by atoms with van der Waals surface area (Å²) in [5.74, 6) is 1.31. The molecular formula is C21H24N2O5. The van der Waals surface area contributed by atoms with Gasteiger partial charge in [-0.15, -0.1) is 0 Å². The van der Waals surface area contributed by atoms with Gasteiger partial charge in [0.05, 0.1) is 14.2 Å². The lowest BCUT2D eigenvalue weighted by Crippen LogP contribution is -2.28. The standard InChI is InChI=1S/C21H24N2O5/c1-4-22-21(25)14-28-17-9-7-16(8-10-17)23-20(24)12-6-15-5-11-18(26-2)19(13-15)27-3/h5-13H,4,14H2,1-3H3,(H,22,25)(H,23,24)/b12-6+. The second-order valence-electron chi connectivity index (χ2n) is 5.70. The molecule has 0 spiro atoms. The molecule has 148 valence electrons. The zero-order chi connectivity index (χ0) is 20.4. The van der Waals surface area contributed by atoms with Gasteiger partial charge >= 0.3 is 0 Å². The number of carbonyl (C=O) groups excluding carboxylic acids is 2. The summed E-state index contributed by atoms with van der Waals surface area (Å²) in [6.07, 6.45) is 3.11. The second-order valence-corrected chi connectivity index (χ2v) is 5.70. The highest BCUT2D eigenvalue weighted by Crippen LogP contribution is 2.28. The van der Waals surface area contributed by atoms with Crippen molar-refractivity contribution in [3.63, 3.8) is 0 Å². The predicted octanol–water partition coefficient (Wildman–Crippen LogP) is 2.87. The van der Waals surface area contributed by atoms with E-state index >= 15 is 0 Å². The molecule has 2 aromatic rings. The molecule has 0 bridgehead atoms. The van der Waals surface area contributed by atoms with Crippen LogP contribution in [0, 0.1) is 0 Å². The van der Waals surface area contributed by atoms with Crippen LogP contribution in [0.5, 0.6) is 17.2 Å². The number of methoxy groups -OCH3 is 2. The summed E-state index contributed by atoms with van der Waals surface area (Å²) in [6.45, 7) is 2.35. The molecule has 28 heavy (non-hydrogen) atoms. The van der Waals surface area contributed by atoms with Crippen LogP contribution in [0.3, 0.4) is 0 Å². The third-order valence-electron chi connectivity index (χ3n) is 3.70. The number of likely N-dealkylation sites (N-methyl/N-ethyl adjacent to an activating group) is 1. The molecule has 2 N–H and O–H groups in total. The Balaban J connectivity index is 1.90. The number of carbonyl (C=O) groups is 2. The average molecular weight is 384 g/mol. The Morgan fingerprint density at radius 3 is 2.36 bits per heavy atom. The van der Waals surface area contributed by atoms with E-state index in [1.165, 1.54) is 6.08 Å². The van der Waals surface area contributed by atoms with Gasteiger partial charge < -0.3 is 24.8 Å². The summed E-state index contributed by atoms with van der Waals surface area (Å²) in [6, 6.07) is 12.2. The third-order valence-corrected chi connectivity index (χ3v) is 3.70. The van der Waals surface area contributed by atoms with Crippen LogP contribution in [0.4, 0.5) is 5.69 Å². The molecule has 0 aliphatic carbocycles. The van der Waals surface area contributed by atoms with E-state index < -0.39 is 0 Å². The van der Waals surface area contributed by atoms with E-state index in [1.807, 2.05) is 13.0 Å². The van der Waals surface area contributed by atoms with Crippen LogP contribution in [-0.2, 0) is 9.59 Å². The lowest BCUT2D eigenvalue weighted by molar-refractivity contribution is -0.123. The van der Waals surface area contributed by atoms with Crippen molar-refractivity contribution >= 4 is 23.6 Å². The van der Waals surface area contributed by atoms with Gasteiger partial charge in [-0.3, -0.25) is 9.59 Å². The number of nitrogens with one attached hydrogen (secondary N) is 2. The molecule has 0 saturated carbocycles. The summed E-state index contributed by atoms with van der Waals surface area (Å²) in [4.78, 5) is 23.5. The Kier molecular flexibility index (Phi) is 7.90. The van der Waals surface area contributed by atoms with Crippen LogP contribution < -0.4 is 24.8 Å². The van der Waals surface area contributed by atoms with E-state index in [2.05, 4.69) is 10.6 Å². The molecule has 0 unspecified atom stereocenters. The number of amides is 2. The largest absolute Gasteiger partial charge is 0.493 e. The molecule has 0 aliphatic heterocycles. The van der Waals surface area contributed by atoms with Crippen LogP contribution in [0.15, 0.2) is 48.5 Å². The van der Waals surface area contributed by atoms with E-state index in [4.69, 9.17) is 14.2 Å². The number of benzene rings is 2. The van der Waals surface area contributed by atoms with Crippen LogP contribution in [0.25, 0.3) is 6.08 Å². The number of anilines is 1. The lowest BCUT2D eigenvalue weighted by Gasteiger charge is -2.08. The molecule has 7 heteroatoms. The van der Waals surface area contributed by atoms with Crippen molar-refractivity contribution in [1.82, 2.24) is 5.32 Å². The van der Waals surface area contributed by atoms with Crippen LogP contribution in [-0.4, -0.2) is 39.2 Å². The predicted molar refractivity (Wildman–Crippen MR) is 108 cm³/mol. The molecule has 0 fully saturated rings. The number of hydrogen-bond acceptors (Lipinski definition) is 5. The number of rotatable bonds is 9. The van der Waals surface area contributed by atoms with Gasteiger partial charge in [0, 0.05) is 18.3 Å². The molecule has 7 nitrogen and oxygen atoms in total. The van der Waals surface area contributed by atoms with Crippen LogP contribution in [0.1, 0.15) is 12.5 Å². The van der Waals surface area contributed by atoms with Crippen molar-refractivity contribution in [2.45, 2.75) is 6.92 Å². The van der Waals surface area contributed by atoms with E-state index in [0.29, 0.717) is 29.5 Å². The topological polar surface area (TPSA) is 85.9 Å². The van der Waals surface area contributed by atoms with E-state index in [9.17, 15) is 9.59 Å². The molecule has 0 radical (unpaired) electrons. The number of hydrogen-bond donors (Lipinski definition) is 2. The summed E-state index contributed by atoms with van der Waals surface area (Å²) >= 11 is 0. The van der Waals surface area contributed by atoms with Crippen LogP contribution >= 0.6 is 0 Å². The minimum Gasteiger partial charge on any atom is -0.493 e. The van der Waals surface area contributed by atoms with Gasteiger partial charge in [-0.05, 0) is 55.0 Å². The highest BCUT2D eigenvalue weighted by Gasteiger charge is 2.04. The maximum absolute atomic E-state index is 12.1. The smallest absolute Gasteiger partial charge is 0.257 e. The molecule has 0 aliphatic rings. The first-order valence-corrected chi connectivity index (χ1v) is 8.76. The van der Waals surface area contributed by atoms with Gasteiger partial charge in [0.2, 0.25) is 5.91 Å². The van der Waals surface area contributed by atoms with E-state index in [1.54, 1.807) is 56.7 Å². The van der Waals surface area contributed by atoms with Crippen molar-refractivity contribution in [1.29, 1.82) is 0 Å². The molecular weight excluding hydrogens is 360 g/mol. The molecule has 0 heterocycles. The zero-order valence-corrected chi connectivity index (χ0v) is 16.2. The summed E-state index contributed by atoms with van der Waals surface area (Å²) in [5, 5.41) is 5.41. The van der Waals surface area contributed by atoms with Crippen molar-refractivity contribution < 1.29 is 23.8 Å². The maximum atomic E-state index is 12.1. The Morgan fingerprint density at radius 2 is 1.71 bits per heavy atom. The Morgan fingerprint density at radius 1 is 1.00 bits per heavy atom. The first-order valence-electron chi connectivity index (χ1n) is 8.76. The summed E-state index contributed by atoms with van der Waals surface area (Å²) in [7, 11) is 3.12. The Labute approximate surface area is 164 Å². The minimum atomic E-state index is -0.272. The van der Waals surface area contributed by atoms with Crippen molar-refractivity contribution in [3.05, 3.63) is 54.1 Å². The number of ether oxygens (including phenoxy) is 3. The fourth-order valence-electron chi connectivity index (χ4n) is 2.34. The van der Waals surface area contributed by atoms with Gasteiger partial charge in [-0.2, -0.15) is 0 Å². The minimum absolute atomic E-state index is 0.0480. The normalized spacial score (nSPS) is 10.4. The Bertz CT molecular complexity index is 831. The molecule has 0 saturated heterocycles. The highest BCUT2D eigenvalue weighted by molar-refractivity contribution is 6.02. The van der Waals surface area contributed by atoms with Gasteiger partial charge in [-0.25, -0.2) is 0 Å². The fraction of sp³-hybridized carbons (Fsp3) is 0.238. The quantitative estimate of drug-likeness (QED) is 0.650. The van der Waals surface area contributed by atoms with Crippen molar-refractivity contribution in [3.8, 4) is 17.2 Å². The first-order chi connectivity index (χ1) is 13.5. The zero-order valence-electron chi connectivity index (χ0n) is 16.2. The Hall–Kier alpha value is -3.48.